The van der Waals surface area contributed by atoms with Crippen LogP contribution in [0.4, 0.5) is 5.69 Å². The summed E-state index contributed by atoms with van der Waals surface area (Å²) in [4.78, 5) is 36.0. The number of carbonyl (C=O) groups is 3. The van der Waals surface area contributed by atoms with Crippen molar-refractivity contribution in [2.45, 2.75) is 20.0 Å². The summed E-state index contributed by atoms with van der Waals surface area (Å²) in [6.45, 7) is 2.91. The van der Waals surface area contributed by atoms with E-state index in [1.807, 2.05) is 0 Å². The van der Waals surface area contributed by atoms with Crippen LogP contribution in [0.3, 0.4) is 0 Å². The van der Waals surface area contributed by atoms with Crippen LogP contribution >= 0.6 is 15.9 Å². The fourth-order valence-corrected chi connectivity index (χ4v) is 2.53. The van der Waals surface area contributed by atoms with Crippen LogP contribution in [0.15, 0.2) is 46.9 Å². The zero-order valence-corrected chi connectivity index (χ0v) is 16.1. The van der Waals surface area contributed by atoms with E-state index in [4.69, 9.17) is 9.47 Å². The monoisotopic (exact) mass is 419 g/mol. The minimum absolute atomic E-state index is 0.108. The highest BCUT2D eigenvalue weighted by molar-refractivity contribution is 9.10. The van der Waals surface area contributed by atoms with Gasteiger partial charge in [0.1, 0.15) is 5.75 Å². The molecule has 2 aromatic carbocycles. The predicted octanol–water partition coefficient (Wildman–Crippen LogP) is 3.84. The van der Waals surface area contributed by atoms with Gasteiger partial charge in [-0.2, -0.15) is 0 Å². The van der Waals surface area contributed by atoms with E-state index >= 15 is 0 Å². The van der Waals surface area contributed by atoms with Crippen LogP contribution in [0.1, 0.15) is 34.6 Å². The summed E-state index contributed by atoms with van der Waals surface area (Å²) in [5.41, 5.74) is 1.18. The van der Waals surface area contributed by atoms with Gasteiger partial charge in [0.25, 0.3) is 5.91 Å². The number of halogens is 1. The predicted molar refractivity (Wildman–Crippen MR) is 101 cm³/mol. The smallest absolute Gasteiger partial charge is 0.340 e. The maximum Gasteiger partial charge on any atom is 0.340 e. The van der Waals surface area contributed by atoms with Gasteiger partial charge in [-0.1, -0.05) is 12.1 Å². The highest BCUT2D eigenvalue weighted by atomic mass is 79.9. The second-order valence-electron chi connectivity index (χ2n) is 5.52. The van der Waals surface area contributed by atoms with Crippen LogP contribution < -0.4 is 10.1 Å². The summed E-state index contributed by atoms with van der Waals surface area (Å²) >= 11 is 3.27. The zero-order chi connectivity index (χ0) is 19.3. The largest absolute Gasteiger partial charge is 0.497 e. The molecular weight excluding hydrogens is 402 g/mol. The van der Waals surface area contributed by atoms with E-state index in [1.165, 1.54) is 27.0 Å². The number of benzene rings is 2. The van der Waals surface area contributed by atoms with Gasteiger partial charge in [-0.3, -0.25) is 9.59 Å². The lowest BCUT2D eigenvalue weighted by Gasteiger charge is -2.15. The van der Waals surface area contributed by atoms with Crippen LogP contribution in [0.25, 0.3) is 0 Å². The van der Waals surface area contributed by atoms with Gasteiger partial charge < -0.3 is 14.8 Å². The number of ether oxygens (including phenoxy) is 2. The van der Waals surface area contributed by atoms with Crippen molar-refractivity contribution in [3.63, 3.8) is 0 Å². The normalized spacial score (nSPS) is 11.4. The van der Waals surface area contributed by atoms with Crippen molar-refractivity contribution in [3.8, 4) is 5.75 Å². The molecule has 7 heteroatoms. The van der Waals surface area contributed by atoms with E-state index in [2.05, 4.69) is 21.2 Å². The molecule has 0 heterocycles. The highest BCUT2D eigenvalue weighted by Crippen LogP contribution is 2.23. The molecule has 0 radical (unpaired) electrons. The van der Waals surface area contributed by atoms with Crippen molar-refractivity contribution in [1.82, 2.24) is 0 Å². The molecule has 0 spiro atoms. The molecule has 1 unspecified atom stereocenters. The number of anilines is 1. The van der Waals surface area contributed by atoms with E-state index in [0.29, 0.717) is 21.5 Å². The van der Waals surface area contributed by atoms with Gasteiger partial charge in [-0.25, -0.2) is 4.79 Å². The molecule has 0 fully saturated rings. The molecule has 0 saturated heterocycles. The first-order valence-electron chi connectivity index (χ1n) is 7.78. The molecule has 0 saturated carbocycles. The summed E-state index contributed by atoms with van der Waals surface area (Å²) in [5, 5.41) is 2.63. The third-order valence-electron chi connectivity index (χ3n) is 3.58. The number of Topliss-reactive ketones (excluding diaryl/α,β-unsaturated/α-hetero) is 1. The maximum absolute atomic E-state index is 12.3. The second-order valence-corrected chi connectivity index (χ2v) is 6.37. The van der Waals surface area contributed by atoms with E-state index < -0.39 is 18.0 Å². The van der Waals surface area contributed by atoms with E-state index in [1.54, 1.807) is 36.4 Å². The number of esters is 1. The molecular formula is C19H18BrNO5. The average Bonchev–Trinajstić information content (AvgIpc) is 2.62. The lowest BCUT2D eigenvalue weighted by molar-refractivity contribution is -0.123. The van der Waals surface area contributed by atoms with E-state index in [0.717, 1.165) is 0 Å². The van der Waals surface area contributed by atoms with Crippen LogP contribution in [-0.4, -0.2) is 30.9 Å². The Labute approximate surface area is 159 Å². The molecule has 0 bridgehead atoms. The first kappa shape index (κ1) is 19.7. The molecule has 0 aliphatic carbocycles. The Morgan fingerprint density at radius 2 is 1.85 bits per heavy atom. The van der Waals surface area contributed by atoms with Crippen LogP contribution in [0.5, 0.6) is 5.75 Å². The molecule has 0 aliphatic heterocycles. The molecule has 1 amide bonds. The number of rotatable bonds is 6. The Balaban J connectivity index is 2.06. The van der Waals surface area contributed by atoms with E-state index in [9.17, 15) is 14.4 Å². The van der Waals surface area contributed by atoms with Crippen LogP contribution in [0.2, 0.25) is 0 Å². The Kier molecular flexibility index (Phi) is 6.52. The minimum atomic E-state index is -1.03. The van der Waals surface area contributed by atoms with Crippen molar-refractivity contribution < 1.29 is 23.9 Å². The molecule has 6 nitrogen and oxygen atoms in total. The molecule has 0 aliphatic rings. The molecule has 26 heavy (non-hydrogen) atoms. The van der Waals surface area contributed by atoms with Crippen molar-refractivity contribution >= 4 is 39.3 Å². The third kappa shape index (κ3) is 4.92. The van der Waals surface area contributed by atoms with Crippen molar-refractivity contribution in [1.29, 1.82) is 0 Å². The number of hydrogen-bond donors (Lipinski definition) is 1. The Hall–Kier alpha value is -2.67. The van der Waals surface area contributed by atoms with Crippen LogP contribution in [-0.2, 0) is 9.53 Å². The maximum atomic E-state index is 12.3. The summed E-state index contributed by atoms with van der Waals surface area (Å²) in [6, 6.07) is 11.4. The quantitative estimate of drug-likeness (QED) is 0.567. The molecule has 1 N–H and O–H groups in total. The molecule has 1 atom stereocenters. The van der Waals surface area contributed by atoms with Gasteiger partial charge in [0.15, 0.2) is 11.9 Å². The Morgan fingerprint density at radius 3 is 2.50 bits per heavy atom. The number of nitrogens with one attached hydrogen (secondary N) is 1. The van der Waals surface area contributed by atoms with Gasteiger partial charge in [-0.05, 0) is 60.1 Å². The fraction of sp³-hybridized carbons (Fsp3) is 0.211. The topological polar surface area (TPSA) is 81.7 Å². The minimum Gasteiger partial charge on any atom is -0.497 e. The van der Waals surface area contributed by atoms with Gasteiger partial charge in [0, 0.05) is 15.7 Å². The summed E-state index contributed by atoms with van der Waals surface area (Å²) in [5.74, 6) is -0.768. The van der Waals surface area contributed by atoms with Gasteiger partial charge in [0.05, 0.1) is 12.7 Å². The number of carbonyl (C=O) groups excluding carboxylic acids is 3. The van der Waals surface area contributed by atoms with Crippen molar-refractivity contribution in [3.05, 3.63) is 58.1 Å². The standard InChI is InChI=1S/C19H18BrNO5/c1-11(22)13-5-4-6-14(9-13)21-18(23)12(2)26-19(24)16-10-15(25-3)7-8-17(16)20/h4-10,12H,1-3H3,(H,21,23). The van der Waals surface area contributed by atoms with Gasteiger partial charge in [-0.15, -0.1) is 0 Å². The van der Waals surface area contributed by atoms with Crippen molar-refractivity contribution in [2.75, 3.05) is 12.4 Å². The third-order valence-corrected chi connectivity index (χ3v) is 4.27. The second kappa shape index (κ2) is 8.62. The van der Waals surface area contributed by atoms with E-state index in [-0.39, 0.29) is 11.3 Å². The Morgan fingerprint density at radius 1 is 1.12 bits per heavy atom. The van der Waals surface area contributed by atoms with Crippen molar-refractivity contribution in [2.24, 2.45) is 0 Å². The number of ketones is 1. The zero-order valence-electron chi connectivity index (χ0n) is 14.5. The number of hydrogen-bond acceptors (Lipinski definition) is 5. The first-order valence-corrected chi connectivity index (χ1v) is 8.57. The molecule has 2 rings (SSSR count). The molecule has 2 aromatic rings. The highest BCUT2D eigenvalue weighted by Gasteiger charge is 2.21. The van der Waals surface area contributed by atoms with Gasteiger partial charge in [0.2, 0.25) is 0 Å². The van der Waals surface area contributed by atoms with Gasteiger partial charge >= 0.3 is 5.97 Å². The summed E-state index contributed by atoms with van der Waals surface area (Å²) in [6.07, 6.45) is -1.03. The number of methoxy groups -OCH3 is 1. The lowest BCUT2D eigenvalue weighted by Crippen LogP contribution is -2.30. The summed E-state index contributed by atoms with van der Waals surface area (Å²) < 4.78 is 10.8. The SMILES string of the molecule is COc1ccc(Br)c(C(=O)OC(C)C(=O)Nc2cccc(C(C)=O)c2)c1. The molecule has 136 valence electrons. The summed E-state index contributed by atoms with van der Waals surface area (Å²) in [7, 11) is 1.49. The molecule has 0 aromatic heterocycles. The Bertz CT molecular complexity index is 850. The average molecular weight is 420 g/mol. The first-order chi connectivity index (χ1) is 12.3. The number of amides is 1. The lowest BCUT2D eigenvalue weighted by atomic mass is 10.1. The van der Waals surface area contributed by atoms with Crippen LogP contribution in [0, 0.1) is 0 Å². The fourth-order valence-electron chi connectivity index (χ4n) is 2.13.